The number of hydrogen-bond acceptors (Lipinski definition) is 5. The van der Waals surface area contributed by atoms with Crippen LogP contribution in [0.1, 0.15) is 19.3 Å². The number of nitrogens with two attached hydrogens (primary N) is 1. The maximum Gasteiger partial charge on any atom is 0.147 e. The number of nitrogens with one attached hydrogen (secondary N) is 1. The molecule has 1 saturated heterocycles. The van der Waals surface area contributed by atoms with Crippen LogP contribution in [0.5, 0.6) is 0 Å². The van der Waals surface area contributed by atoms with Gasteiger partial charge < -0.3 is 16.0 Å². The van der Waals surface area contributed by atoms with Crippen molar-refractivity contribution in [3.05, 3.63) is 30.3 Å². The fourth-order valence-electron chi connectivity index (χ4n) is 2.92. The number of piperidine rings is 1. The number of rotatable bonds is 4. The van der Waals surface area contributed by atoms with E-state index in [0.29, 0.717) is 11.9 Å². The fourth-order valence-corrected chi connectivity index (χ4v) is 3.66. The Kier molecular flexibility index (Phi) is 4.41. The smallest absolute Gasteiger partial charge is 0.147 e. The van der Waals surface area contributed by atoms with Crippen LogP contribution >= 0.6 is 11.5 Å². The molecule has 1 aliphatic rings. The van der Waals surface area contributed by atoms with E-state index in [9.17, 15) is 0 Å². The normalized spacial score (nSPS) is 19.6. The Labute approximate surface area is 130 Å². The lowest BCUT2D eigenvalue weighted by Crippen LogP contribution is -2.40. The molecule has 0 amide bonds. The van der Waals surface area contributed by atoms with E-state index >= 15 is 0 Å². The van der Waals surface area contributed by atoms with Gasteiger partial charge in [0.1, 0.15) is 10.8 Å². The van der Waals surface area contributed by atoms with Gasteiger partial charge in [0.15, 0.2) is 0 Å². The highest BCUT2D eigenvalue weighted by molar-refractivity contribution is 7.11. The van der Waals surface area contributed by atoms with Crippen LogP contribution in [0.15, 0.2) is 30.3 Å². The first-order valence-electron chi connectivity index (χ1n) is 7.50. The Bertz CT molecular complexity index is 581. The second-order valence-corrected chi connectivity index (χ2v) is 6.42. The Morgan fingerprint density at radius 3 is 2.90 bits per heavy atom. The molecule has 3 rings (SSSR count). The summed E-state index contributed by atoms with van der Waals surface area (Å²) in [6.07, 6.45) is 3.90. The first-order chi connectivity index (χ1) is 10.3. The molecular weight excluding hydrogens is 280 g/mol. The number of likely N-dealkylation sites (tertiary alicyclic amines) is 1. The Morgan fingerprint density at radius 1 is 1.33 bits per heavy atom. The van der Waals surface area contributed by atoms with Crippen molar-refractivity contribution in [1.29, 1.82) is 0 Å². The van der Waals surface area contributed by atoms with Crippen molar-refractivity contribution >= 4 is 22.4 Å². The van der Waals surface area contributed by atoms with Gasteiger partial charge in [-0.1, -0.05) is 36.8 Å². The van der Waals surface area contributed by atoms with E-state index in [2.05, 4.69) is 33.8 Å². The summed E-state index contributed by atoms with van der Waals surface area (Å²) in [4.78, 5) is 2.45. The van der Waals surface area contributed by atoms with Crippen LogP contribution in [0.2, 0.25) is 0 Å². The van der Waals surface area contributed by atoms with E-state index in [4.69, 9.17) is 5.73 Å². The summed E-state index contributed by atoms with van der Waals surface area (Å²) in [6.45, 7) is 2.15. The highest BCUT2D eigenvalue weighted by Crippen LogP contribution is 2.36. The van der Waals surface area contributed by atoms with Gasteiger partial charge in [-0.3, -0.25) is 0 Å². The van der Waals surface area contributed by atoms with Gasteiger partial charge in [-0.15, -0.1) is 0 Å². The summed E-state index contributed by atoms with van der Waals surface area (Å²) >= 11 is 1.46. The molecule has 0 bridgehead atoms. The third-order valence-corrected chi connectivity index (χ3v) is 5.02. The molecule has 1 aromatic carbocycles. The minimum Gasteiger partial charge on any atom is -0.382 e. The lowest BCUT2D eigenvalue weighted by molar-refractivity contribution is 0.195. The van der Waals surface area contributed by atoms with Gasteiger partial charge in [0, 0.05) is 12.6 Å². The number of benzene rings is 1. The van der Waals surface area contributed by atoms with Crippen LogP contribution in [-0.4, -0.2) is 35.5 Å². The number of hydrogen-bond donors (Lipinski definition) is 2. The number of aromatic nitrogens is 1. The highest BCUT2D eigenvalue weighted by atomic mass is 32.1. The van der Waals surface area contributed by atoms with Crippen molar-refractivity contribution in [3.8, 4) is 11.1 Å². The molecule has 5 heteroatoms. The third-order valence-electron chi connectivity index (χ3n) is 4.20. The van der Waals surface area contributed by atoms with Crippen molar-refractivity contribution in [2.75, 3.05) is 31.2 Å². The van der Waals surface area contributed by atoms with Gasteiger partial charge in [-0.25, -0.2) is 0 Å². The molecule has 1 atom stereocenters. The van der Waals surface area contributed by atoms with Gasteiger partial charge in [0.05, 0.1) is 5.56 Å². The SMILES string of the molecule is CN1CCCCC1CNc1snc(N)c1-c1ccccc1. The molecule has 1 aromatic heterocycles. The van der Waals surface area contributed by atoms with E-state index in [0.717, 1.165) is 22.7 Å². The Hall–Kier alpha value is -1.59. The first-order valence-corrected chi connectivity index (χ1v) is 8.27. The minimum atomic E-state index is 0.602. The van der Waals surface area contributed by atoms with Crippen LogP contribution in [0.25, 0.3) is 11.1 Å². The standard InChI is InChI=1S/C16H22N4S/c1-20-10-6-5-9-13(20)11-18-16-14(15(17)19-21-16)12-7-3-2-4-8-12/h2-4,7-8,13,18H,5-6,9-11H2,1H3,(H2,17,19). The molecule has 4 nitrogen and oxygen atoms in total. The summed E-state index contributed by atoms with van der Waals surface area (Å²) in [5.41, 5.74) is 8.23. The maximum atomic E-state index is 6.06. The van der Waals surface area contributed by atoms with Crippen molar-refractivity contribution in [2.24, 2.45) is 0 Å². The molecule has 0 radical (unpaired) electrons. The molecule has 1 unspecified atom stereocenters. The first kappa shape index (κ1) is 14.4. The summed E-state index contributed by atoms with van der Waals surface area (Å²) in [7, 11) is 2.21. The van der Waals surface area contributed by atoms with Crippen molar-refractivity contribution in [1.82, 2.24) is 9.27 Å². The lowest BCUT2D eigenvalue weighted by atomic mass is 10.0. The predicted octanol–water partition coefficient (Wildman–Crippen LogP) is 3.29. The van der Waals surface area contributed by atoms with Crippen LogP contribution < -0.4 is 11.1 Å². The van der Waals surface area contributed by atoms with Crippen LogP contribution in [-0.2, 0) is 0 Å². The quantitative estimate of drug-likeness (QED) is 0.910. The number of anilines is 2. The molecule has 112 valence electrons. The van der Waals surface area contributed by atoms with E-state index in [1.54, 1.807) is 0 Å². The van der Waals surface area contributed by atoms with Gasteiger partial charge in [-0.05, 0) is 43.5 Å². The fraction of sp³-hybridized carbons (Fsp3) is 0.438. The summed E-state index contributed by atoms with van der Waals surface area (Å²) in [5, 5.41) is 4.65. The molecule has 2 heterocycles. The zero-order valence-electron chi connectivity index (χ0n) is 12.4. The zero-order chi connectivity index (χ0) is 14.7. The highest BCUT2D eigenvalue weighted by Gasteiger charge is 2.20. The minimum absolute atomic E-state index is 0.602. The maximum absolute atomic E-state index is 6.06. The van der Waals surface area contributed by atoms with Crippen molar-refractivity contribution < 1.29 is 0 Å². The van der Waals surface area contributed by atoms with Crippen molar-refractivity contribution in [2.45, 2.75) is 25.3 Å². The van der Waals surface area contributed by atoms with Gasteiger partial charge in [-0.2, -0.15) is 4.37 Å². The predicted molar refractivity (Wildman–Crippen MR) is 90.7 cm³/mol. The second-order valence-electron chi connectivity index (χ2n) is 5.65. The largest absolute Gasteiger partial charge is 0.382 e. The zero-order valence-corrected chi connectivity index (χ0v) is 13.2. The number of likely N-dealkylation sites (N-methyl/N-ethyl adjacent to an activating group) is 1. The monoisotopic (exact) mass is 302 g/mol. The van der Waals surface area contributed by atoms with Crippen LogP contribution in [0.4, 0.5) is 10.8 Å². The van der Waals surface area contributed by atoms with Crippen molar-refractivity contribution in [3.63, 3.8) is 0 Å². The molecule has 2 aromatic rings. The van der Waals surface area contributed by atoms with Crippen LogP contribution in [0, 0.1) is 0 Å². The van der Waals surface area contributed by atoms with E-state index in [1.807, 2.05) is 18.2 Å². The molecular formula is C16H22N4S. The van der Waals surface area contributed by atoms with E-state index in [1.165, 1.54) is 37.3 Å². The van der Waals surface area contributed by atoms with Crippen LogP contribution in [0.3, 0.4) is 0 Å². The molecule has 1 fully saturated rings. The molecule has 0 aliphatic carbocycles. The summed E-state index contributed by atoms with van der Waals surface area (Å²) in [6, 6.07) is 10.8. The van der Waals surface area contributed by atoms with Gasteiger partial charge in [0.25, 0.3) is 0 Å². The molecule has 3 N–H and O–H groups in total. The topological polar surface area (TPSA) is 54.2 Å². The number of nitrogens with zero attached hydrogens (tertiary/aromatic N) is 2. The second kappa shape index (κ2) is 6.45. The Balaban J connectivity index is 1.74. The molecule has 1 aliphatic heterocycles. The van der Waals surface area contributed by atoms with Gasteiger partial charge >= 0.3 is 0 Å². The average molecular weight is 302 g/mol. The summed E-state index contributed by atoms with van der Waals surface area (Å²) in [5.74, 6) is 0.616. The molecule has 0 saturated carbocycles. The lowest BCUT2D eigenvalue weighted by Gasteiger charge is -2.32. The average Bonchev–Trinajstić information content (AvgIpc) is 2.88. The summed E-state index contributed by atoms with van der Waals surface area (Å²) < 4.78 is 4.32. The Morgan fingerprint density at radius 2 is 2.14 bits per heavy atom. The molecule has 21 heavy (non-hydrogen) atoms. The number of nitrogen functional groups attached to an aromatic ring is 1. The van der Waals surface area contributed by atoms with E-state index in [-0.39, 0.29) is 0 Å². The third kappa shape index (κ3) is 3.19. The van der Waals surface area contributed by atoms with Gasteiger partial charge in [0.2, 0.25) is 0 Å². The van der Waals surface area contributed by atoms with E-state index < -0.39 is 0 Å². The molecule has 0 spiro atoms.